The maximum atomic E-state index is 9.00. The fourth-order valence-electron chi connectivity index (χ4n) is 1.57. The van der Waals surface area contributed by atoms with Crippen molar-refractivity contribution in [2.75, 3.05) is 18.6 Å². The van der Waals surface area contributed by atoms with E-state index in [4.69, 9.17) is 5.11 Å². The number of rotatable bonds is 7. The smallest absolute Gasteiger partial charge is 0.0701 e. The van der Waals surface area contributed by atoms with E-state index in [0.717, 1.165) is 12.2 Å². The Bertz CT molecular complexity index is 300. The van der Waals surface area contributed by atoms with Crippen molar-refractivity contribution in [3.8, 4) is 0 Å². The van der Waals surface area contributed by atoms with Crippen LogP contribution in [0.15, 0.2) is 15.9 Å². The zero-order valence-electron chi connectivity index (χ0n) is 9.57. The summed E-state index contributed by atoms with van der Waals surface area (Å²) < 4.78 is 1.17. The van der Waals surface area contributed by atoms with E-state index in [9.17, 15) is 0 Å². The van der Waals surface area contributed by atoms with Gasteiger partial charge in [-0.1, -0.05) is 0 Å². The van der Waals surface area contributed by atoms with Gasteiger partial charge >= 0.3 is 0 Å². The normalized spacial score (nSPS) is 15.0. The highest BCUT2D eigenvalue weighted by atomic mass is 79.9. The van der Waals surface area contributed by atoms with Gasteiger partial charge in [-0.3, -0.25) is 0 Å². The Morgan fingerprint density at radius 3 is 2.81 bits per heavy atom. The Morgan fingerprint density at radius 2 is 2.31 bits per heavy atom. The number of nitrogens with one attached hydrogen (secondary N) is 1. The molecule has 0 bridgehead atoms. The summed E-state index contributed by atoms with van der Waals surface area (Å²) in [6, 6.07) is 4.95. The van der Waals surface area contributed by atoms with Crippen LogP contribution in [0.2, 0.25) is 0 Å². The lowest BCUT2D eigenvalue weighted by molar-refractivity contribution is 0.266. The first-order chi connectivity index (χ1) is 7.67. The molecular formula is C11H18BrNOS2. The summed E-state index contributed by atoms with van der Waals surface area (Å²) in [6.45, 7) is 2.42. The number of thiophene rings is 1. The molecule has 0 aliphatic carbocycles. The van der Waals surface area contributed by atoms with Crippen LogP contribution < -0.4 is 5.32 Å². The largest absolute Gasteiger partial charge is 0.396 e. The number of aliphatic hydroxyl groups excluding tert-OH is 1. The first-order valence-corrected chi connectivity index (χ1v) is 8.28. The lowest BCUT2D eigenvalue weighted by Crippen LogP contribution is -2.34. The van der Waals surface area contributed by atoms with Crippen molar-refractivity contribution in [3.63, 3.8) is 0 Å². The number of aliphatic hydroxyl groups is 1. The third-order valence-corrected chi connectivity index (χ3v) is 4.89. The van der Waals surface area contributed by atoms with Crippen molar-refractivity contribution >= 4 is 39.0 Å². The minimum absolute atomic E-state index is 0.249. The minimum Gasteiger partial charge on any atom is -0.396 e. The zero-order valence-corrected chi connectivity index (χ0v) is 12.8. The highest BCUT2D eigenvalue weighted by molar-refractivity contribution is 9.11. The molecule has 2 unspecified atom stereocenters. The highest BCUT2D eigenvalue weighted by Crippen LogP contribution is 2.27. The van der Waals surface area contributed by atoms with Gasteiger partial charge in [-0.2, -0.15) is 11.8 Å². The summed E-state index contributed by atoms with van der Waals surface area (Å²) in [5.41, 5.74) is 0. The van der Waals surface area contributed by atoms with E-state index >= 15 is 0 Å². The molecule has 2 nitrogen and oxygen atoms in total. The Hall–Kier alpha value is 0.450. The molecule has 1 aromatic heterocycles. The second-order valence-corrected chi connectivity index (χ2v) is 7.10. The van der Waals surface area contributed by atoms with E-state index in [2.05, 4.69) is 46.6 Å². The molecule has 5 heteroatoms. The molecule has 92 valence electrons. The van der Waals surface area contributed by atoms with Crippen molar-refractivity contribution in [1.29, 1.82) is 0 Å². The van der Waals surface area contributed by atoms with E-state index < -0.39 is 0 Å². The summed E-state index contributed by atoms with van der Waals surface area (Å²) in [6.07, 6.45) is 2.91. The van der Waals surface area contributed by atoms with Gasteiger partial charge in [-0.25, -0.2) is 0 Å². The predicted octanol–water partition coefficient (Wildman–Crippen LogP) is 3.28. The number of hydrogen-bond donors (Lipinski definition) is 2. The molecule has 0 saturated carbocycles. The molecule has 0 saturated heterocycles. The van der Waals surface area contributed by atoms with Crippen molar-refractivity contribution in [2.45, 2.75) is 25.4 Å². The van der Waals surface area contributed by atoms with Crippen LogP contribution in [0.4, 0.5) is 0 Å². The molecular weight excluding hydrogens is 306 g/mol. The molecule has 0 spiro atoms. The fraction of sp³-hybridized carbons (Fsp3) is 0.636. The molecule has 0 radical (unpaired) electrons. The fourth-order valence-corrected chi connectivity index (χ4v) is 3.67. The summed E-state index contributed by atoms with van der Waals surface area (Å²) in [5, 5.41) is 12.6. The Balaban J connectivity index is 2.50. The predicted molar refractivity (Wildman–Crippen MR) is 77.4 cm³/mol. The van der Waals surface area contributed by atoms with Crippen molar-refractivity contribution in [1.82, 2.24) is 5.32 Å². The number of hydrogen-bond acceptors (Lipinski definition) is 4. The van der Waals surface area contributed by atoms with Gasteiger partial charge in [0, 0.05) is 29.3 Å². The maximum Gasteiger partial charge on any atom is 0.0701 e. The van der Waals surface area contributed by atoms with E-state index in [0.29, 0.717) is 12.1 Å². The van der Waals surface area contributed by atoms with Crippen molar-refractivity contribution in [3.05, 3.63) is 20.8 Å². The van der Waals surface area contributed by atoms with Crippen LogP contribution in [0.1, 0.15) is 24.3 Å². The lowest BCUT2D eigenvalue weighted by Gasteiger charge is -2.21. The second kappa shape index (κ2) is 7.71. The monoisotopic (exact) mass is 323 g/mol. The van der Waals surface area contributed by atoms with Gasteiger partial charge in [0.15, 0.2) is 0 Å². The third kappa shape index (κ3) is 4.75. The van der Waals surface area contributed by atoms with Gasteiger partial charge in [-0.05, 0) is 47.7 Å². The van der Waals surface area contributed by atoms with Gasteiger partial charge < -0.3 is 10.4 Å². The molecule has 1 heterocycles. The molecule has 0 aromatic carbocycles. The maximum absolute atomic E-state index is 9.00. The quantitative estimate of drug-likeness (QED) is 0.807. The molecule has 2 atom stereocenters. The Labute approximate surface area is 114 Å². The molecule has 0 aliphatic rings. The first kappa shape index (κ1) is 14.5. The van der Waals surface area contributed by atoms with Crippen LogP contribution >= 0.6 is 39.0 Å². The summed E-state index contributed by atoms with van der Waals surface area (Å²) in [4.78, 5) is 1.33. The summed E-state index contributed by atoms with van der Waals surface area (Å²) in [5.74, 6) is 1.04. The Kier molecular flexibility index (Phi) is 7.00. The average Bonchev–Trinajstić information content (AvgIpc) is 2.65. The Morgan fingerprint density at radius 1 is 1.56 bits per heavy atom. The van der Waals surface area contributed by atoms with E-state index in [1.807, 2.05) is 11.8 Å². The van der Waals surface area contributed by atoms with Crippen LogP contribution in [0.5, 0.6) is 0 Å². The first-order valence-electron chi connectivity index (χ1n) is 5.28. The second-order valence-electron chi connectivity index (χ2n) is 3.69. The topological polar surface area (TPSA) is 32.3 Å². The van der Waals surface area contributed by atoms with Crippen LogP contribution in [0, 0.1) is 0 Å². The SMILES string of the molecule is CSCC(CCO)NC(C)c1ccc(Br)s1. The summed E-state index contributed by atoms with van der Waals surface area (Å²) >= 11 is 7.05. The van der Waals surface area contributed by atoms with E-state index in [1.54, 1.807) is 11.3 Å². The lowest BCUT2D eigenvalue weighted by atomic mass is 10.2. The molecule has 1 rings (SSSR count). The van der Waals surface area contributed by atoms with Crippen LogP contribution in [0.25, 0.3) is 0 Å². The van der Waals surface area contributed by atoms with Gasteiger partial charge in [0.2, 0.25) is 0 Å². The standard InChI is InChI=1S/C11H18BrNOS2/c1-8(10-3-4-11(12)16-10)13-9(5-6-14)7-15-2/h3-4,8-9,13-14H,5-7H2,1-2H3. The van der Waals surface area contributed by atoms with E-state index in [1.165, 1.54) is 8.66 Å². The molecule has 0 fully saturated rings. The van der Waals surface area contributed by atoms with Crippen LogP contribution in [-0.4, -0.2) is 29.8 Å². The van der Waals surface area contributed by atoms with Gasteiger partial charge in [0.25, 0.3) is 0 Å². The summed E-state index contributed by atoms with van der Waals surface area (Å²) in [7, 11) is 0. The molecule has 2 N–H and O–H groups in total. The molecule has 16 heavy (non-hydrogen) atoms. The minimum atomic E-state index is 0.249. The zero-order chi connectivity index (χ0) is 12.0. The molecule has 1 aromatic rings. The highest BCUT2D eigenvalue weighted by Gasteiger charge is 2.13. The number of thioether (sulfide) groups is 1. The average molecular weight is 324 g/mol. The molecule has 0 aliphatic heterocycles. The molecule has 0 amide bonds. The third-order valence-electron chi connectivity index (χ3n) is 2.35. The number of halogens is 1. The van der Waals surface area contributed by atoms with Gasteiger partial charge in [0.1, 0.15) is 0 Å². The van der Waals surface area contributed by atoms with Crippen LogP contribution in [-0.2, 0) is 0 Å². The van der Waals surface area contributed by atoms with Crippen molar-refractivity contribution < 1.29 is 5.11 Å². The van der Waals surface area contributed by atoms with Crippen molar-refractivity contribution in [2.24, 2.45) is 0 Å². The van der Waals surface area contributed by atoms with E-state index in [-0.39, 0.29) is 6.61 Å². The van der Waals surface area contributed by atoms with Gasteiger partial charge in [0.05, 0.1) is 3.79 Å². The van der Waals surface area contributed by atoms with Gasteiger partial charge in [-0.15, -0.1) is 11.3 Å². The van der Waals surface area contributed by atoms with Crippen LogP contribution in [0.3, 0.4) is 0 Å².